The third-order valence-electron chi connectivity index (χ3n) is 4.83. The van der Waals surface area contributed by atoms with Gasteiger partial charge in [0.2, 0.25) is 0 Å². The minimum absolute atomic E-state index is 0.174. The van der Waals surface area contributed by atoms with Crippen molar-refractivity contribution < 1.29 is 0 Å². The minimum Gasteiger partial charge on any atom is -0.309 e. The summed E-state index contributed by atoms with van der Waals surface area (Å²) in [6.07, 6.45) is 4.39. The van der Waals surface area contributed by atoms with Gasteiger partial charge in [-0.1, -0.05) is 0 Å². The summed E-state index contributed by atoms with van der Waals surface area (Å²) in [7, 11) is 1.98. The zero-order valence-corrected chi connectivity index (χ0v) is 12.5. The Morgan fingerprint density at radius 1 is 1.37 bits per heavy atom. The molecule has 1 N–H and O–H groups in total. The summed E-state index contributed by atoms with van der Waals surface area (Å²) in [5.74, 6) is 1.90. The van der Waals surface area contributed by atoms with Crippen molar-refractivity contribution in [1.82, 2.24) is 25.0 Å². The average Bonchev–Trinajstić information content (AvgIpc) is 3.11. The first kappa shape index (κ1) is 13.1. The summed E-state index contributed by atoms with van der Waals surface area (Å²) < 4.78 is 1.89. The standard InChI is InChI=1S/C14H25N5/c1-13(2)9-19(7-12-15-10-17-18(12)4)14(3,8-16-13)11-5-6-11/h10-11,16H,5-9H2,1-4H3. The molecule has 2 fully saturated rings. The number of hydrogen-bond donors (Lipinski definition) is 1. The van der Waals surface area contributed by atoms with Gasteiger partial charge in [-0.2, -0.15) is 5.10 Å². The Bertz CT molecular complexity index is 462. The van der Waals surface area contributed by atoms with Crippen LogP contribution in [-0.4, -0.2) is 43.8 Å². The molecule has 0 amide bonds. The van der Waals surface area contributed by atoms with Gasteiger partial charge in [-0.15, -0.1) is 0 Å². The van der Waals surface area contributed by atoms with E-state index < -0.39 is 0 Å². The maximum Gasteiger partial charge on any atom is 0.140 e. The molecule has 1 atom stereocenters. The highest BCUT2D eigenvalue weighted by molar-refractivity contribution is 5.08. The predicted octanol–water partition coefficient (Wildman–Crippen LogP) is 1.17. The van der Waals surface area contributed by atoms with E-state index in [4.69, 9.17) is 0 Å². The largest absolute Gasteiger partial charge is 0.309 e. The SMILES string of the molecule is Cn1ncnc1CN1CC(C)(C)NCC1(C)C1CC1. The van der Waals surface area contributed by atoms with Crippen molar-refractivity contribution in [3.63, 3.8) is 0 Å². The second kappa shape index (κ2) is 4.28. The Morgan fingerprint density at radius 2 is 2.11 bits per heavy atom. The lowest BCUT2D eigenvalue weighted by Crippen LogP contribution is -2.67. The number of nitrogens with zero attached hydrogens (tertiary/aromatic N) is 4. The predicted molar refractivity (Wildman–Crippen MR) is 74.6 cm³/mol. The van der Waals surface area contributed by atoms with E-state index in [0.29, 0.717) is 0 Å². The fourth-order valence-corrected chi connectivity index (χ4v) is 3.22. The molecule has 3 rings (SSSR count). The summed E-state index contributed by atoms with van der Waals surface area (Å²) in [6.45, 7) is 10.00. The lowest BCUT2D eigenvalue weighted by molar-refractivity contribution is 0.00263. The van der Waals surface area contributed by atoms with Crippen LogP contribution in [0.3, 0.4) is 0 Å². The molecule has 1 aromatic heterocycles. The van der Waals surface area contributed by atoms with Gasteiger partial charge in [-0.3, -0.25) is 9.58 Å². The van der Waals surface area contributed by atoms with E-state index in [1.165, 1.54) is 12.8 Å². The van der Waals surface area contributed by atoms with Crippen molar-refractivity contribution in [3.8, 4) is 0 Å². The highest BCUT2D eigenvalue weighted by Crippen LogP contribution is 2.45. The molecule has 0 bridgehead atoms. The summed E-state index contributed by atoms with van der Waals surface area (Å²) in [6, 6.07) is 0. The molecule has 1 aliphatic heterocycles. The second-order valence-corrected chi connectivity index (χ2v) is 7.02. The Morgan fingerprint density at radius 3 is 2.68 bits per heavy atom. The summed E-state index contributed by atoms with van der Waals surface area (Å²) in [5.41, 5.74) is 0.439. The van der Waals surface area contributed by atoms with Crippen molar-refractivity contribution in [1.29, 1.82) is 0 Å². The van der Waals surface area contributed by atoms with Gasteiger partial charge in [0, 0.05) is 31.2 Å². The zero-order chi connectivity index (χ0) is 13.7. The molecule has 0 radical (unpaired) electrons. The molecule has 5 heteroatoms. The van der Waals surface area contributed by atoms with Crippen LogP contribution < -0.4 is 5.32 Å². The van der Waals surface area contributed by atoms with E-state index in [1.807, 2.05) is 11.7 Å². The molecule has 1 saturated carbocycles. The summed E-state index contributed by atoms with van der Waals surface area (Å²) >= 11 is 0. The summed E-state index contributed by atoms with van der Waals surface area (Å²) in [4.78, 5) is 7.01. The van der Waals surface area contributed by atoms with Crippen molar-refractivity contribution in [3.05, 3.63) is 12.2 Å². The van der Waals surface area contributed by atoms with Crippen molar-refractivity contribution in [2.75, 3.05) is 13.1 Å². The fourth-order valence-electron chi connectivity index (χ4n) is 3.22. The van der Waals surface area contributed by atoms with Gasteiger partial charge in [0.15, 0.2) is 0 Å². The average molecular weight is 263 g/mol. The van der Waals surface area contributed by atoms with Crippen molar-refractivity contribution in [2.45, 2.75) is 51.2 Å². The van der Waals surface area contributed by atoms with E-state index >= 15 is 0 Å². The highest BCUT2D eigenvalue weighted by atomic mass is 15.4. The van der Waals surface area contributed by atoms with Gasteiger partial charge >= 0.3 is 0 Å². The van der Waals surface area contributed by atoms with Gasteiger partial charge in [0.25, 0.3) is 0 Å². The second-order valence-electron chi connectivity index (χ2n) is 7.02. The fraction of sp³-hybridized carbons (Fsp3) is 0.857. The number of aromatic nitrogens is 3. The van der Waals surface area contributed by atoms with E-state index in [0.717, 1.165) is 31.4 Å². The Hall–Kier alpha value is -0.940. The number of piperazine rings is 1. The maximum absolute atomic E-state index is 4.39. The molecular weight excluding hydrogens is 238 g/mol. The monoisotopic (exact) mass is 263 g/mol. The van der Waals surface area contributed by atoms with Crippen LogP contribution in [0.15, 0.2) is 6.33 Å². The number of rotatable bonds is 3. The Kier molecular flexibility index (Phi) is 2.94. The van der Waals surface area contributed by atoms with Crippen LogP contribution in [0.5, 0.6) is 0 Å². The number of aryl methyl sites for hydroxylation is 1. The lowest BCUT2D eigenvalue weighted by atomic mass is 9.86. The number of hydrogen-bond acceptors (Lipinski definition) is 4. The van der Waals surface area contributed by atoms with E-state index in [2.05, 4.69) is 41.1 Å². The number of nitrogens with one attached hydrogen (secondary N) is 1. The molecule has 0 aromatic carbocycles. The van der Waals surface area contributed by atoms with Gasteiger partial charge in [-0.05, 0) is 39.5 Å². The Labute approximate surface area is 115 Å². The highest BCUT2D eigenvalue weighted by Gasteiger charge is 2.49. The van der Waals surface area contributed by atoms with E-state index in [-0.39, 0.29) is 11.1 Å². The first-order chi connectivity index (χ1) is 8.91. The van der Waals surface area contributed by atoms with Gasteiger partial charge in [-0.25, -0.2) is 4.98 Å². The molecule has 1 saturated heterocycles. The molecule has 1 unspecified atom stereocenters. The smallest absolute Gasteiger partial charge is 0.140 e. The van der Waals surface area contributed by atoms with E-state index in [1.54, 1.807) is 6.33 Å². The van der Waals surface area contributed by atoms with Crippen LogP contribution in [0.2, 0.25) is 0 Å². The molecule has 2 aliphatic rings. The topological polar surface area (TPSA) is 46.0 Å². The molecule has 0 spiro atoms. The van der Waals surface area contributed by atoms with Crippen LogP contribution >= 0.6 is 0 Å². The molecule has 5 nitrogen and oxygen atoms in total. The normalized spacial score (nSPS) is 31.6. The first-order valence-electron chi connectivity index (χ1n) is 7.24. The van der Waals surface area contributed by atoms with Gasteiger partial charge in [0.05, 0.1) is 6.54 Å². The van der Waals surface area contributed by atoms with Crippen LogP contribution in [0.1, 0.15) is 39.4 Å². The van der Waals surface area contributed by atoms with Crippen LogP contribution in [-0.2, 0) is 13.6 Å². The van der Waals surface area contributed by atoms with Crippen LogP contribution in [0.25, 0.3) is 0 Å². The zero-order valence-electron chi connectivity index (χ0n) is 12.5. The van der Waals surface area contributed by atoms with Crippen molar-refractivity contribution in [2.24, 2.45) is 13.0 Å². The molecule has 1 aromatic rings. The molecule has 106 valence electrons. The lowest BCUT2D eigenvalue weighted by Gasteiger charge is -2.51. The van der Waals surface area contributed by atoms with Crippen LogP contribution in [0, 0.1) is 5.92 Å². The molecule has 1 aliphatic carbocycles. The molecule has 2 heterocycles. The molecule has 19 heavy (non-hydrogen) atoms. The summed E-state index contributed by atoms with van der Waals surface area (Å²) in [5, 5.41) is 7.90. The molecular formula is C14H25N5. The van der Waals surface area contributed by atoms with E-state index in [9.17, 15) is 0 Å². The minimum atomic E-state index is 0.174. The van der Waals surface area contributed by atoms with Gasteiger partial charge in [0.1, 0.15) is 12.2 Å². The van der Waals surface area contributed by atoms with Gasteiger partial charge < -0.3 is 5.32 Å². The van der Waals surface area contributed by atoms with Crippen molar-refractivity contribution >= 4 is 0 Å². The third kappa shape index (κ3) is 2.41. The first-order valence-corrected chi connectivity index (χ1v) is 7.24. The van der Waals surface area contributed by atoms with Crippen LogP contribution in [0.4, 0.5) is 0 Å². The maximum atomic E-state index is 4.39. The Balaban J connectivity index is 1.83. The third-order valence-corrected chi connectivity index (χ3v) is 4.83. The quantitative estimate of drug-likeness (QED) is 0.889.